The van der Waals surface area contributed by atoms with E-state index in [0.29, 0.717) is 0 Å². The first-order valence-corrected chi connectivity index (χ1v) is 3.91. The summed E-state index contributed by atoms with van der Waals surface area (Å²) in [6.45, 7) is 4.76. The Hall–Kier alpha value is -1.39. The normalized spacial score (nSPS) is 9.54. The Morgan fingerprint density at radius 3 is 2.08 bits per heavy atom. The summed E-state index contributed by atoms with van der Waals surface area (Å²) in [4.78, 5) is 32.3. The van der Waals surface area contributed by atoms with Gasteiger partial charge in [-0.3, -0.25) is 4.79 Å². The van der Waals surface area contributed by atoms with Gasteiger partial charge in [-0.25, -0.2) is 9.59 Å². The molecule has 0 amide bonds. The fraction of sp³-hybridized carbons (Fsp3) is 0.625. The first-order valence-electron chi connectivity index (χ1n) is 3.91. The first-order chi connectivity index (χ1) is 5.99. The minimum absolute atomic E-state index is 0.0551. The monoisotopic (exact) mass is 188 g/mol. The molecule has 0 N–H and O–H groups in total. The average Bonchev–Trinajstić information content (AvgIpc) is 2.02. The molecule has 0 atom stereocenters. The maximum Gasteiger partial charge on any atom is 0.387 e. The quantitative estimate of drug-likeness (QED) is 0.354. The van der Waals surface area contributed by atoms with E-state index in [2.05, 4.69) is 9.47 Å². The van der Waals surface area contributed by atoms with Gasteiger partial charge in [0.05, 0.1) is 12.7 Å². The zero-order valence-corrected chi connectivity index (χ0v) is 7.83. The van der Waals surface area contributed by atoms with Crippen LogP contribution in [0.25, 0.3) is 0 Å². The molecule has 13 heavy (non-hydrogen) atoms. The number of carbonyl (C=O) groups excluding carboxylic acids is 3. The second-order valence-corrected chi connectivity index (χ2v) is 2.50. The lowest BCUT2D eigenvalue weighted by Crippen LogP contribution is -2.29. The molecule has 0 aliphatic rings. The van der Waals surface area contributed by atoms with Crippen molar-refractivity contribution in [2.24, 2.45) is 0 Å². The van der Waals surface area contributed by atoms with Gasteiger partial charge in [0.25, 0.3) is 0 Å². The van der Waals surface area contributed by atoms with E-state index in [0.717, 1.165) is 0 Å². The summed E-state index contributed by atoms with van der Waals surface area (Å²) in [5, 5.41) is 0. The lowest BCUT2D eigenvalue weighted by atomic mass is 10.4. The Bertz CT molecular complexity index is 219. The third kappa shape index (κ3) is 4.25. The molecule has 0 aromatic heterocycles. The van der Waals surface area contributed by atoms with Crippen LogP contribution in [0.2, 0.25) is 0 Å². The summed E-state index contributed by atoms with van der Waals surface area (Å²) in [5.41, 5.74) is 0. The fourth-order valence-corrected chi connectivity index (χ4v) is 0.548. The van der Waals surface area contributed by atoms with Gasteiger partial charge in [0.2, 0.25) is 0 Å². The van der Waals surface area contributed by atoms with Crippen molar-refractivity contribution in [3.8, 4) is 0 Å². The number of ether oxygens (including phenoxy) is 2. The standard InChI is InChI=1S/C8H12O5/c1-4-12-7(10)6(9)8(11)13-5(2)3/h5H,4H2,1-3H3. The molecule has 0 heterocycles. The molecule has 0 saturated carbocycles. The largest absolute Gasteiger partial charge is 0.460 e. The Balaban J connectivity index is 4.10. The molecule has 0 bridgehead atoms. The van der Waals surface area contributed by atoms with Gasteiger partial charge in [-0.15, -0.1) is 0 Å². The van der Waals surface area contributed by atoms with Crippen LogP contribution in [-0.4, -0.2) is 30.4 Å². The van der Waals surface area contributed by atoms with Crippen molar-refractivity contribution in [2.75, 3.05) is 6.61 Å². The van der Waals surface area contributed by atoms with E-state index >= 15 is 0 Å². The minimum atomic E-state index is -1.27. The van der Waals surface area contributed by atoms with Crippen LogP contribution in [0.1, 0.15) is 20.8 Å². The fourth-order valence-electron chi connectivity index (χ4n) is 0.548. The molecule has 0 spiro atoms. The van der Waals surface area contributed by atoms with Crippen LogP contribution >= 0.6 is 0 Å². The second-order valence-electron chi connectivity index (χ2n) is 2.50. The lowest BCUT2D eigenvalue weighted by Gasteiger charge is -2.05. The van der Waals surface area contributed by atoms with Crippen molar-refractivity contribution in [1.82, 2.24) is 0 Å². The van der Waals surface area contributed by atoms with Gasteiger partial charge in [0, 0.05) is 0 Å². The predicted octanol–water partition coefficient (Wildman–Crippen LogP) is 0.0702. The molecular formula is C8H12O5. The van der Waals surface area contributed by atoms with E-state index in [1.165, 1.54) is 0 Å². The Kier molecular flexibility index (Phi) is 4.72. The topological polar surface area (TPSA) is 69.7 Å². The van der Waals surface area contributed by atoms with Gasteiger partial charge < -0.3 is 9.47 Å². The van der Waals surface area contributed by atoms with Gasteiger partial charge in [-0.2, -0.15) is 0 Å². The van der Waals surface area contributed by atoms with Crippen LogP contribution in [0.15, 0.2) is 0 Å². The molecule has 0 unspecified atom stereocenters. The lowest BCUT2D eigenvalue weighted by molar-refractivity contribution is -0.165. The molecule has 5 heteroatoms. The summed E-state index contributed by atoms with van der Waals surface area (Å²) in [6.07, 6.45) is -0.425. The third-order valence-electron chi connectivity index (χ3n) is 0.989. The maximum atomic E-state index is 10.8. The third-order valence-corrected chi connectivity index (χ3v) is 0.989. The highest BCUT2D eigenvalue weighted by molar-refractivity contribution is 6.60. The van der Waals surface area contributed by atoms with Crippen molar-refractivity contribution in [3.63, 3.8) is 0 Å². The van der Waals surface area contributed by atoms with Crippen molar-refractivity contribution in [3.05, 3.63) is 0 Å². The molecule has 0 rings (SSSR count). The summed E-state index contributed by atoms with van der Waals surface area (Å²) >= 11 is 0. The van der Waals surface area contributed by atoms with Gasteiger partial charge in [0.15, 0.2) is 0 Å². The van der Waals surface area contributed by atoms with E-state index in [9.17, 15) is 14.4 Å². The molecule has 0 fully saturated rings. The van der Waals surface area contributed by atoms with Gasteiger partial charge >= 0.3 is 17.7 Å². The number of Topliss-reactive ketones (excluding diaryl/α,β-unsaturated/α-hetero) is 1. The molecule has 0 aliphatic carbocycles. The van der Waals surface area contributed by atoms with Crippen molar-refractivity contribution in [1.29, 1.82) is 0 Å². The van der Waals surface area contributed by atoms with E-state index in [1.807, 2.05) is 0 Å². The highest BCUT2D eigenvalue weighted by Crippen LogP contribution is 1.92. The van der Waals surface area contributed by atoms with Crippen LogP contribution in [0.3, 0.4) is 0 Å². The van der Waals surface area contributed by atoms with Crippen molar-refractivity contribution in [2.45, 2.75) is 26.9 Å². The van der Waals surface area contributed by atoms with Crippen LogP contribution in [0, 0.1) is 0 Å². The highest BCUT2D eigenvalue weighted by Gasteiger charge is 2.26. The van der Waals surface area contributed by atoms with Crippen LogP contribution in [0.4, 0.5) is 0 Å². The first kappa shape index (κ1) is 11.6. The van der Waals surface area contributed by atoms with E-state index in [4.69, 9.17) is 0 Å². The average molecular weight is 188 g/mol. The highest BCUT2D eigenvalue weighted by atomic mass is 16.6. The van der Waals surface area contributed by atoms with Crippen molar-refractivity contribution < 1.29 is 23.9 Å². The van der Waals surface area contributed by atoms with Gasteiger partial charge in [-0.1, -0.05) is 0 Å². The van der Waals surface area contributed by atoms with Crippen LogP contribution < -0.4 is 0 Å². The smallest absolute Gasteiger partial charge is 0.387 e. The number of rotatable bonds is 4. The summed E-state index contributed by atoms with van der Waals surface area (Å²) in [7, 11) is 0. The van der Waals surface area contributed by atoms with Crippen LogP contribution in [-0.2, 0) is 23.9 Å². The van der Waals surface area contributed by atoms with E-state index in [-0.39, 0.29) is 6.61 Å². The Morgan fingerprint density at radius 2 is 1.69 bits per heavy atom. The molecule has 0 aliphatic heterocycles. The minimum Gasteiger partial charge on any atom is -0.460 e. The van der Waals surface area contributed by atoms with Gasteiger partial charge in [0.1, 0.15) is 0 Å². The number of hydrogen-bond donors (Lipinski definition) is 0. The van der Waals surface area contributed by atoms with Crippen LogP contribution in [0.5, 0.6) is 0 Å². The summed E-state index contributed by atoms with van der Waals surface area (Å²) in [6, 6.07) is 0. The van der Waals surface area contributed by atoms with E-state index in [1.54, 1.807) is 20.8 Å². The molecule has 5 nitrogen and oxygen atoms in total. The van der Waals surface area contributed by atoms with Crippen molar-refractivity contribution >= 4 is 17.7 Å². The SMILES string of the molecule is CCOC(=O)C(=O)C(=O)OC(C)C. The molecule has 74 valence electrons. The summed E-state index contributed by atoms with van der Waals surface area (Å²) in [5.74, 6) is -3.61. The molecule has 0 aromatic rings. The number of ketones is 1. The number of esters is 2. The maximum absolute atomic E-state index is 10.8. The second kappa shape index (κ2) is 5.29. The number of hydrogen-bond acceptors (Lipinski definition) is 5. The predicted molar refractivity (Wildman–Crippen MR) is 42.9 cm³/mol. The zero-order valence-electron chi connectivity index (χ0n) is 7.83. The molecule has 0 radical (unpaired) electrons. The van der Waals surface area contributed by atoms with Gasteiger partial charge in [-0.05, 0) is 20.8 Å². The molecule has 0 saturated heterocycles. The molecule has 0 aromatic carbocycles. The Labute approximate surface area is 76.0 Å². The van der Waals surface area contributed by atoms with E-state index < -0.39 is 23.8 Å². The summed E-state index contributed by atoms with van der Waals surface area (Å²) < 4.78 is 8.81. The zero-order chi connectivity index (χ0) is 10.4. The Morgan fingerprint density at radius 1 is 1.15 bits per heavy atom. The number of carbonyl (C=O) groups is 3. The molecular weight excluding hydrogens is 176 g/mol.